The van der Waals surface area contributed by atoms with Gasteiger partial charge in [0.1, 0.15) is 11.6 Å². The van der Waals surface area contributed by atoms with E-state index in [0.29, 0.717) is 11.1 Å². The monoisotopic (exact) mass is 220 g/mol. The van der Waals surface area contributed by atoms with E-state index in [2.05, 4.69) is 12.0 Å². The van der Waals surface area contributed by atoms with Gasteiger partial charge < -0.3 is 5.11 Å². The van der Waals surface area contributed by atoms with E-state index in [1.54, 1.807) is 17.1 Å². The molecule has 16 heavy (non-hydrogen) atoms. The van der Waals surface area contributed by atoms with Crippen LogP contribution in [0.4, 0.5) is 4.39 Å². The van der Waals surface area contributed by atoms with Gasteiger partial charge in [-0.05, 0) is 24.6 Å². The van der Waals surface area contributed by atoms with Crippen LogP contribution in [0.2, 0.25) is 0 Å². The Labute approximate surface area is 93.2 Å². The minimum atomic E-state index is -0.353. The highest BCUT2D eigenvalue weighted by Crippen LogP contribution is 2.25. The summed E-state index contributed by atoms with van der Waals surface area (Å²) in [5, 5.41) is 13.4. The van der Waals surface area contributed by atoms with Crippen LogP contribution in [-0.4, -0.2) is 14.9 Å². The molecule has 0 fully saturated rings. The van der Waals surface area contributed by atoms with Gasteiger partial charge in [0, 0.05) is 23.9 Å². The molecule has 1 N–H and O–H groups in total. The summed E-state index contributed by atoms with van der Waals surface area (Å²) in [5.41, 5.74) is 1.06. The molecule has 1 aromatic heterocycles. The van der Waals surface area contributed by atoms with Gasteiger partial charge >= 0.3 is 0 Å². The molecule has 2 aromatic rings. The molecule has 1 aromatic carbocycles. The third-order valence-corrected chi connectivity index (χ3v) is 2.35. The highest BCUT2D eigenvalue weighted by Gasteiger charge is 2.08. The molecule has 0 aliphatic carbocycles. The Morgan fingerprint density at radius 3 is 3.00 bits per heavy atom. The number of halogens is 1. The van der Waals surface area contributed by atoms with E-state index in [-0.39, 0.29) is 11.6 Å². The molecule has 2 rings (SSSR count). The van der Waals surface area contributed by atoms with Crippen molar-refractivity contribution in [3.05, 3.63) is 36.4 Å². The van der Waals surface area contributed by atoms with Gasteiger partial charge in [0.15, 0.2) is 0 Å². The maximum Gasteiger partial charge on any atom is 0.131 e. The smallest absolute Gasteiger partial charge is 0.131 e. The number of hydrogen-bond donors (Lipinski definition) is 1. The predicted molar refractivity (Wildman–Crippen MR) is 59.6 cm³/mol. The minimum absolute atomic E-state index is 0.0552. The SMILES string of the molecule is CCCn1cc(-c2cc(O)ccc2F)cn1. The predicted octanol–water partition coefficient (Wildman–Crippen LogP) is 2.80. The van der Waals surface area contributed by atoms with Gasteiger partial charge in [0.2, 0.25) is 0 Å². The van der Waals surface area contributed by atoms with Gasteiger partial charge in [-0.3, -0.25) is 4.68 Å². The number of phenolic OH excluding ortho intramolecular Hbond substituents is 1. The number of aromatic hydroxyl groups is 1. The van der Waals surface area contributed by atoms with Crippen molar-refractivity contribution in [2.45, 2.75) is 19.9 Å². The van der Waals surface area contributed by atoms with Gasteiger partial charge in [-0.2, -0.15) is 5.10 Å². The molecular formula is C12H13FN2O. The molecule has 0 saturated carbocycles. The Hall–Kier alpha value is -1.84. The molecule has 1 heterocycles. The van der Waals surface area contributed by atoms with Crippen LogP contribution in [0.5, 0.6) is 5.75 Å². The fourth-order valence-electron chi connectivity index (χ4n) is 1.59. The Morgan fingerprint density at radius 1 is 1.44 bits per heavy atom. The van der Waals surface area contributed by atoms with Crippen LogP contribution in [-0.2, 0) is 6.54 Å². The molecule has 0 spiro atoms. The fraction of sp³-hybridized carbons (Fsp3) is 0.250. The van der Waals surface area contributed by atoms with Crippen LogP contribution >= 0.6 is 0 Å². The molecule has 84 valence electrons. The van der Waals surface area contributed by atoms with E-state index >= 15 is 0 Å². The van der Waals surface area contributed by atoms with E-state index in [1.807, 2.05) is 0 Å². The third-order valence-electron chi connectivity index (χ3n) is 2.35. The number of nitrogens with zero attached hydrogens (tertiary/aromatic N) is 2. The molecule has 0 aliphatic rings. The molecule has 0 aliphatic heterocycles. The van der Waals surface area contributed by atoms with Crippen molar-refractivity contribution >= 4 is 0 Å². The summed E-state index contributed by atoms with van der Waals surface area (Å²) in [6, 6.07) is 3.99. The molecule has 3 nitrogen and oxygen atoms in total. The van der Waals surface area contributed by atoms with Crippen molar-refractivity contribution in [2.24, 2.45) is 0 Å². The molecule has 0 bridgehead atoms. The van der Waals surface area contributed by atoms with Gasteiger partial charge in [-0.15, -0.1) is 0 Å². The molecule has 0 amide bonds. The number of rotatable bonds is 3. The number of aryl methyl sites for hydroxylation is 1. The van der Waals surface area contributed by atoms with Crippen molar-refractivity contribution in [3.63, 3.8) is 0 Å². The van der Waals surface area contributed by atoms with Crippen molar-refractivity contribution in [1.29, 1.82) is 0 Å². The second kappa shape index (κ2) is 4.35. The Kier molecular flexibility index (Phi) is 2.90. The highest BCUT2D eigenvalue weighted by molar-refractivity contribution is 5.64. The highest BCUT2D eigenvalue weighted by atomic mass is 19.1. The van der Waals surface area contributed by atoms with Crippen molar-refractivity contribution in [1.82, 2.24) is 9.78 Å². The van der Waals surface area contributed by atoms with Crippen molar-refractivity contribution < 1.29 is 9.50 Å². The molecular weight excluding hydrogens is 207 g/mol. The lowest BCUT2D eigenvalue weighted by Crippen LogP contribution is -1.95. The first-order valence-corrected chi connectivity index (χ1v) is 5.22. The summed E-state index contributed by atoms with van der Waals surface area (Å²) in [6.07, 6.45) is 4.36. The fourth-order valence-corrected chi connectivity index (χ4v) is 1.59. The Morgan fingerprint density at radius 2 is 2.25 bits per heavy atom. The lowest BCUT2D eigenvalue weighted by Gasteiger charge is -2.00. The lowest BCUT2D eigenvalue weighted by atomic mass is 10.1. The largest absolute Gasteiger partial charge is 0.508 e. The van der Waals surface area contributed by atoms with Gasteiger partial charge in [-0.1, -0.05) is 6.92 Å². The average Bonchev–Trinajstić information content (AvgIpc) is 2.71. The maximum atomic E-state index is 13.5. The van der Waals surface area contributed by atoms with Crippen LogP contribution < -0.4 is 0 Å². The second-order valence-corrected chi connectivity index (χ2v) is 3.66. The number of benzene rings is 1. The van der Waals surface area contributed by atoms with Crippen LogP contribution in [0.1, 0.15) is 13.3 Å². The summed E-state index contributed by atoms with van der Waals surface area (Å²) in [7, 11) is 0. The molecule has 0 unspecified atom stereocenters. The van der Waals surface area contributed by atoms with Crippen molar-refractivity contribution in [2.75, 3.05) is 0 Å². The zero-order chi connectivity index (χ0) is 11.5. The van der Waals surface area contributed by atoms with Crippen LogP contribution in [0.15, 0.2) is 30.6 Å². The number of aromatic nitrogens is 2. The zero-order valence-electron chi connectivity index (χ0n) is 9.02. The summed E-state index contributed by atoms with van der Waals surface area (Å²) in [6.45, 7) is 2.86. The summed E-state index contributed by atoms with van der Waals surface area (Å²) in [5.74, 6) is -0.298. The first-order valence-electron chi connectivity index (χ1n) is 5.22. The zero-order valence-corrected chi connectivity index (χ0v) is 9.02. The van der Waals surface area contributed by atoms with E-state index in [9.17, 15) is 9.50 Å². The van der Waals surface area contributed by atoms with Crippen LogP contribution in [0, 0.1) is 5.82 Å². The second-order valence-electron chi connectivity index (χ2n) is 3.66. The van der Waals surface area contributed by atoms with E-state index in [1.165, 1.54) is 18.2 Å². The third kappa shape index (κ3) is 2.05. The van der Waals surface area contributed by atoms with Crippen LogP contribution in [0.3, 0.4) is 0 Å². The summed E-state index contributed by atoms with van der Waals surface area (Å²) in [4.78, 5) is 0. The van der Waals surface area contributed by atoms with E-state index < -0.39 is 0 Å². The molecule has 0 saturated heterocycles. The van der Waals surface area contributed by atoms with E-state index in [0.717, 1.165) is 13.0 Å². The standard InChI is InChI=1S/C12H13FN2O/c1-2-5-15-8-9(7-14-15)11-6-10(16)3-4-12(11)13/h3-4,6-8,16H,2,5H2,1H3. The summed E-state index contributed by atoms with van der Waals surface area (Å²) < 4.78 is 15.3. The first-order chi connectivity index (χ1) is 7.70. The van der Waals surface area contributed by atoms with Crippen LogP contribution in [0.25, 0.3) is 11.1 Å². The first kappa shape index (κ1) is 10.7. The molecule has 0 atom stereocenters. The average molecular weight is 220 g/mol. The van der Waals surface area contributed by atoms with E-state index in [4.69, 9.17) is 0 Å². The normalized spacial score (nSPS) is 10.6. The molecule has 0 radical (unpaired) electrons. The minimum Gasteiger partial charge on any atom is -0.508 e. The summed E-state index contributed by atoms with van der Waals surface area (Å²) >= 11 is 0. The lowest BCUT2D eigenvalue weighted by molar-refractivity contribution is 0.473. The topological polar surface area (TPSA) is 38.0 Å². The number of hydrogen-bond acceptors (Lipinski definition) is 2. The van der Waals surface area contributed by atoms with Crippen molar-refractivity contribution in [3.8, 4) is 16.9 Å². The number of phenols is 1. The molecule has 4 heteroatoms. The quantitative estimate of drug-likeness (QED) is 0.863. The van der Waals surface area contributed by atoms with Gasteiger partial charge in [0.05, 0.1) is 6.20 Å². The van der Waals surface area contributed by atoms with Gasteiger partial charge in [-0.25, -0.2) is 4.39 Å². The Bertz CT molecular complexity index is 494. The van der Waals surface area contributed by atoms with Gasteiger partial charge in [0.25, 0.3) is 0 Å². The maximum absolute atomic E-state index is 13.5. The Balaban J connectivity index is 2.38.